The molecule has 0 unspecified atom stereocenters. The molecule has 0 aliphatic heterocycles. The first-order valence-electron chi connectivity index (χ1n) is 8.15. The van der Waals surface area contributed by atoms with Gasteiger partial charge in [0.1, 0.15) is 0 Å². The van der Waals surface area contributed by atoms with Crippen molar-refractivity contribution in [1.82, 2.24) is 0 Å². The molecule has 0 aliphatic rings. The van der Waals surface area contributed by atoms with Gasteiger partial charge in [0.2, 0.25) is 0 Å². The first-order valence-corrected chi connectivity index (χ1v) is 12.1. The normalized spacial score (nSPS) is 13.1. The Balaban J connectivity index is 2.31. The van der Waals surface area contributed by atoms with Crippen molar-refractivity contribution in [2.75, 3.05) is 0 Å². The summed E-state index contributed by atoms with van der Waals surface area (Å²) in [6, 6.07) is 23.7. The first-order chi connectivity index (χ1) is 11.8. The Hall–Kier alpha value is -1.53. The zero-order valence-electron chi connectivity index (χ0n) is 14.5. The van der Waals surface area contributed by atoms with Crippen LogP contribution in [0.5, 0.6) is 5.75 Å². The van der Waals surface area contributed by atoms with Gasteiger partial charge in [-0.25, -0.2) is 0 Å². The van der Waals surface area contributed by atoms with Crippen molar-refractivity contribution >= 4 is 38.6 Å². The van der Waals surface area contributed by atoms with E-state index in [2.05, 4.69) is 0 Å². The summed E-state index contributed by atoms with van der Waals surface area (Å²) < 4.78 is 6.52. The van der Waals surface area contributed by atoms with Crippen molar-refractivity contribution in [3.05, 3.63) is 89.5 Å². The second-order valence-corrected chi connectivity index (χ2v) is 13.5. The van der Waals surface area contributed by atoms with Gasteiger partial charge >= 0.3 is 159 Å². The number of benzene rings is 3. The Kier molecular flexibility index (Phi) is 4.86. The molecule has 0 spiro atoms. The number of halogens is 2. The maximum absolute atomic E-state index is 7.34. The van der Waals surface area contributed by atoms with Gasteiger partial charge in [-0.3, -0.25) is 0 Å². The standard InChI is InChI=1S/C21H21Cl2OP/c1-16-10-4-7-13-19(16)24-25(22,23,20-14-8-5-11-17(20)2)21-15-9-6-12-18(21)3/h4-15H,1-3H3. The summed E-state index contributed by atoms with van der Waals surface area (Å²) in [7, 11) is 0. The zero-order chi connectivity index (χ0) is 18.1. The van der Waals surface area contributed by atoms with Crippen molar-refractivity contribution in [3.63, 3.8) is 0 Å². The van der Waals surface area contributed by atoms with Crippen LogP contribution in [0.25, 0.3) is 0 Å². The van der Waals surface area contributed by atoms with Crippen LogP contribution in [0.4, 0.5) is 0 Å². The van der Waals surface area contributed by atoms with Gasteiger partial charge in [-0.1, -0.05) is 0 Å². The van der Waals surface area contributed by atoms with E-state index < -0.39 is 5.54 Å². The summed E-state index contributed by atoms with van der Waals surface area (Å²) in [6.45, 7) is 6.03. The molecule has 0 aliphatic carbocycles. The van der Waals surface area contributed by atoms with Gasteiger partial charge in [0, 0.05) is 0 Å². The molecule has 0 saturated carbocycles. The van der Waals surface area contributed by atoms with Crippen LogP contribution in [-0.2, 0) is 0 Å². The van der Waals surface area contributed by atoms with Crippen molar-refractivity contribution < 1.29 is 4.52 Å². The molecule has 0 saturated heterocycles. The molecule has 3 rings (SSSR count). The molecular weight excluding hydrogens is 370 g/mol. The average molecular weight is 391 g/mol. The number of para-hydroxylation sites is 1. The molecule has 1 nitrogen and oxygen atoms in total. The SMILES string of the molecule is Cc1ccccc1OP(Cl)(Cl)(c1ccccc1C)c1ccccc1C. The van der Waals surface area contributed by atoms with Crippen molar-refractivity contribution in [2.24, 2.45) is 0 Å². The van der Waals surface area contributed by atoms with Crippen LogP contribution in [0.15, 0.2) is 72.8 Å². The molecule has 0 bridgehead atoms. The Morgan fingerprint density at radius 2 is 1.00 bits per heavy atom. The maximum atomic E-state index is 7.34. The molecule has 3 aromatic carbocycles. The molecule has 0 heterocycles. The molecule has 0 atom stereocenters. The third-order valence-corrected chi connectivity index (χ3v) is 10.1. The fourth-order valence-corrected chi connectivity index (χ4v) is 8.74. The topological polar surface area (TPSA) is 9.23 Å². The Bertz CT molecular complexity index is 872. The summed E-state index contributed by atoms with van der Waals surface area (Å²) >= 11 is 14.7. The van der Waals surface area contributed by atoms with Crippen LogP contribution in [-0.4, -0.2) is 0 Å². The van der Waals surface area contributed by atoms with Crippen molar-refractivity contribution in [3.8, 4) is 5.75 Å². The van der Waals surface area contributed by atoms with E-state index in [0.29, 0.717) is 5.75 Å². The van der Waals surface area contributed by atoms with Crippen LogP contribution in [0.2, 0.25) is 0 Å². The Morgan fingerprint density at radius 1 is 0.600 bits per heavy atom. The molecule has 0 aromatic heterocycles. The quantitative estimate of drug-likeness (QED) is 0.467. The molecule has 25 heavy (non-hydrogen) atoms. The van der Waals surface area contributed by atoms with E-state index in [1.165, 1.54) is 0 Å². The summed E-state index contributed by atoms with van der Waals surface area (Å²) in [4.78, 5) is 0. The fraction of sp³-hybridized carbons (Fsp3) is 0.143. The van der Waals surface area contributed by atoms with Gasteiger partial charge in [-0.15, -0.1) is 0 Å². The molecule has 0 N–H and O–H groups in total. The predicted octanol–water partition coefficient (Wildman–Crippen LogP) is 6.42. The number of aryl methyl sites for hydroxylation is 3. The van der Waals surface area contributed by atoms with Gasteiger partial charge in [0.05, 0.1) is 0 Å². The Labute approximate surface area is 159 Å². The van der Waals surface area contributed by atoms with E-state index in [1.807, 2.05) is 93.6 Å². The summed E-state index contributed by atoms with van der Waals surface area (Å²) in [5, 5.41) is 1.68. The zero-order valence-corrected chi connectivity index (χ0v) is 16.9. The molecular formula is C21H21Cl2OP. The molecule has 4 heteroatoms. The third-order valence-electron chi connectivity index (χ3n) is 4.38. The van der Waals surface area contributed by atoms with Gasteiger partial charge in [-0.2, -0.15) is 0 Å². The van der Waals surface area contributed by atoms with Gasteiger partial charge in [0.25, 0.3) is 0 Å². The first kappa shape index (κ1) is 18.3. The number of rotatable bonds is 4. The van der Waals surface area contributed by atoms with E-state index in [1.54, 1.807) is 0 Å². The van der Waals surface area contributed by atoms with Gasteiger partial charge in [0.15, 0.2) is 0 Å². The van der Waals surface area contributed by atoms with Crippen LogP contribution in [0, 0.1) is 20.8 Å². The van der Waals surface area contributed by atoms with Gasteiger partial charge in [-0.05, 0) is 0 Å². The second kappa shape index (κ2) is 6.65. The number of hydrogen-bond acceptors (Lipinski definition) is 1. The van der Waals surface area contributed by atoms with E-state index in [9.17, 15) is 0 Å². The molecule has 0 amide bonds. The monoisotopic (exact) mass is 390 g/mol. The van der Waals surface area contributed by atoms with Crippen LogP contribution in [0.1, 0.15) is 16.7 Å². The van der Waals surface area contributed by atoms with E-state index in [4.69, 9.17) is 27.0 Å². The second-order valence-electron chi connectivity index (χ2n) is 6.26. The van der Waals surface area contributed by atoms with Crippen molar-refractivity contribution in [1.29, 1.82) is 0 Å². The minimum atomic E-state index is -3.92. The third kappa shape index (κ3) is 3.29. The fourth-order valence-electron chi connectivity index (χ4n) is 3.02. The van der Waals surface area contributed by atoms with E-state index in [0.717, 1.165) is 27.3 Å². The summed E-state index contributed by atoms with van der Waals surface area (Å²) in [5.41, 5.74) is -0.890. The van der Waals surface area contributed by atoms with E-state index in [-0.39, 0.29) is 0 Å². The molecule has 0 fully saturated rings. The van der Waals surface area contributed by atoms with Gasteiger partial charge < -0.3 is 0 Å². The molecule has 0 radical (unpaired) electrons. The summed E-state index contributed by atoms with van der Waals surface area (Å²) in [5.74, 6) is 0.705. The Morgan fingerprint density at radius 3 is 1.44 bits per heavy atom. The minimum absolute atomic E-state index is 0.705. The van der Waals surface area contributed by atoms with Crippen LogP contribution >= 0.6 is 28.0 Å². The summed E-state index contributed by atoms with van der Waals surface area (Å²) in [6.07, 6.45) is 0. The average Bonchev–Trinajstić information content (AvgIpc) is 2.58. The van der Waals surface area contributed by atoms with Crippen LogP contribution in [0.3, 0.4) is 0 Å². The molecule has 3 aromatic rings. The van der Waals surface area contributed by atoms with Crippen LogP contribution < -0.4 is 15.1 Å². The number of hydrogen-bond donors (Lipinski definition) is 0. The molecule has 130 valence electrons. The van der Waals surface area contributed by atoms with Crippen molar-refractivity contribution in [2.45, 2.75) is 20.8 Å². The predicted molar refractivity (Wildman–Crippen MR) is 112 cm³/mol. The van der Waals surface area contributed by atoms with E-state index >= 15 is 0 Å².